The molecule has 0 aliphatic rings. The smallest absolute Gasteiger partial charge is 0.119 e. The Kier molecular flexibility index (Phi) is 6.61. The van der Waals surface area contributed by atoms with E-state index in [1.54, 1.807) is 0 Å². The van der Waals surface area contributed by atoms with Crippen molar-refractivity contribution >= 4 is 0 Å². The molecule has 0 atom stereocenters. The summed E-state index contributed by atoms with van der Waals surface area (Å²) in [6.07, 6.45) is 0. The van der Waals surface area contributed by atoms with Crippen LogP contribution in [0.3, 0.4) is 0 Å². The van der Waals surface area contributed by atoms with Gasteiger partial charge in [0.1, 0.15) is 5.75 Å². The third-order valence-electron chi connectivity index (χ3n) is 2.05. The lowest BCUT2D eigenvalue weighted by Gasteiger charge is -2.07. The molecule has 0 heterocycles. The predicted molar refractivity (Wildman–Crippen MR) is 63.8 cm³/mol. The van der Waals surface area contributed by atoms with E-state index in [-0.39, 0.29) is 0 Å². The molecule has 1 rings (SSSR count). The predicted octanol–water partition coefficient (Wildman–Crippen LogP) is 2.64. The van der Waals surface area contributed by atoms with Crippen LogP contribution < -0.4 is 4.74 Å². The molecule has 0 aromatic heterocycles. The Hall–Kier alpha value is -1.06. The fraction of sp³-hybridized carbons (Fsp3) is 0.538. The minimum atomic E-state index is 0.605. The molecule has 0 radical (unpaired) electrons. The van der Waals surface area contributed by atoms with Crippen molar-refractivity contribution < 1.29 is 14.2 Å². The molecule has 0 bridgehead atoms. The molecule has 3 nitrogen and oxygen atoms in total. The van der Waals surface area contributed by atoms with Gasteiger partial charge in [0.05, 0.1) is 26.4 Å². The maximum absolute atomic E-state index is 5.47. The van der Waals surface area contributed by atoms with Gasteiger partial charge in [-0.25, -0.2) is 0 Å². The molecule has 3 heteroatoms. The summed E-state index contributed by atoms with van der Waals surface area (Å²) in [5.41, 5.74) is 1.13. The Morgan fingerprint density at radius 3 is 2.56 bits per heavy atom. The molecule has 0 aliphatic heterocycles. The lowest BCUT2D eigenvalue weighted by molar-refractivity contribution is 0.0452. The lowest BCUT2D eigenvalue weighted by Crippen LogP contribution is -2.04. The second kappa shape index (κ2) is 8.13. The Morgan fingerprint density at radius 2 is 1.81 bits per heavy atom. The van der Waals surface area contributed by atoms with Crippen molar-refractivity contribution in [3.8, 4) is 5.75 Å². The molecule has 0 unspecified atom stereocenters. The maximum atomic E-state index is 5.47. The molecule has 0 aliphatic carbocycles. The SMILES string of the molecule is CCOCCOCc1cccc(OCC)c1. The first-order valence-corrected chi connectivity index (χ1v) is 5.74. The van der Waals surface area contributed by atoms with E-state index in [2.05, 4.69) is 0 Å². The van der Waals surface area contributed by atoms with Crippen LogP contribution in [0.5, 0.6) is 5.75 Å². The van der Waals surface area contributed by atoms with E-state index in [4.69, 9.17) is 14.2 Å². The van der Waals surface area contributed by atoms with Crippen molar-refractivity contribution in [2.45, 2.75) is 20.5 Å². The minimum Gasteiger partial charge on any atom is -0.494 e. The van der Waals surface area contributed by atoms with Gasteiger partial charge in [-0.05, 0) is 31.5 Å². The van der Waals surface area contributed by atoms with Gasteiger partial charge in [0.2, 0.25) is 0 Å². The van der Waals surface area contributed by atoms with Crippen molar-refractivity contribution in [2.75, 3.05) is 26.4 Å². The van der Waals surface area contributed by atoms with E-state index in [1.165, 1.54) is 0 Å². The Bertz CT molecular complexity index is 286. The normalized spacial score (nSPS) is 10.4. The first kappa shape index (κ1) is 13.0. The number of ether oxygens (including phenoxy) is 3. The molecular weight excluding hydrogens is 204 g/mol. The largest absolute Gasteiger partial charge is 0.494 e. The highest BCUT2D eigenvalue weighted by atomic mass is 16.5. The van der Waals surface area contributed by atoms with E-state index < -0.39 is 0 Å². The summed E-state index contributed by atoms with van der Waals surface area (Å²) in [5.74, 6) is 0.897. The molecule has 0 amide bonds. The molecule has 90 valence electrons. The van der Waals surface area contributed by atoms with Gasteiger partial charge in [-0.2, -0.15) is 0 Å². The van der Waals surface area contributed by atoms with Crippen LogP contribution in [0.25, 0.3) is 0 Å². The third kappa shape index (κ3) is 5.14. The number of hydrogen-bond acceptors (Lipinski definition) is 3. The van der Waals surface area contributed by atoms with Gasteiger partial charge in [0.15, 0.2) is 0 Å². The summed E-state index contributed by atoms with van der Waals surface area (Å²) in [5, 5.41) is 0. The van der Waals surface area contributed by atoms with Crippen LogP contribution in [0.4, 0.5) is 0 Å². The number of benzene rings is 1. The molecule has 0 saturated heterocycles. The van der Waals surface area contributed by atoms with Crippen LogP contribution in [0.2, 0.25) is 0 Å². The van der Waals surface area contributed by atoms with Crippen LogP contribution >= 0.6 is 0 Å². The van der Waals surface area contributed by atoms with E-state index in [1.807, 2.05) is 38.1 Å². The lowest BCUT2D eigenvalue weighted by atomic mass is 10.2. The highest BCUT2D eigenvalue weighted by Crippen LogP contribution is 2.13. The van der Waals surface area contributed by atoms with Crippen molar-refractivity contribution in [1.82, 2.24) is 0 Å². The zero-order chi connectivity index (χ0) is 11.6. The van der Waals surface area contributed by atoms with Crippen LogP contribution in [0.15, 0.2) is 24.3 Å². The summed E-state index contributed by atoms with van der Waals surface area (Å²) >= 11 is 0. The molecule has 1 aromatic rings. The van der Waals surface area contributed by atoms with Gasteiger partial charge in [0.25, 0.3) is 0 Å². The Labute approximate surface area is 97.3 Å². The summed E-state index contributed by atoms with van der Waals surface area (Å²) in [6.45, 7) is 7.27. The second-order valence-corrected chi connectivity index (χ2v) is 3.33. The average Bonchev–Trinajstić information content (AvgIpc) is 2.30. The number of hydrogen-bond donors (Lipinski definition) is 0. The van der Waals surface area contributed by atoms with Crippen molar-refractivity contribution in [2.24, 2.45) is 0 Å². The monoisotopic (exact) mass is 224 g/mol. The average molecular weight is 224 g/mol. The topological polar surface area (TPSA) is 27.7 Å². The van der Waals surface area contributed by atoms with Crippen molar-refractivity contribution in [1.29, 1.82) is 0 Å². The summed E-state index contributed by atoms with van der Waals surface area (Å²) in [6, 6.07) is 7.97. The van der Waals surface area contributed by atoms with E-state index in [9.17, 15) is 0 Å². The molecule has 16 heavy (non-hydrogen) atoms. The van der Waals surface area contributed by atoms with Crippen molar-refractivity contribution in [3.05, 3.63) is 29.8 Å². The zero-order valence-corrected chi connectivity index (χ0v) is 10.1. The van der Waals surface area contributed by atoms with Gasteiger partial charge in [-0.1, -0.05) is 12.1 Å². The molecule has 0 spiro atoms. The van der Waals surface area contributed by atoms with Crippen LogP contribution in [-0.4, -0.2) is 26.4 Å². The standard InChI is InChI=1S/C13H20O3/c1-3-14-8-9-15-11-12-6-5-7-13(10-12)16-4-2/h5-7,10H,3-4,8-9,11H2,1-2H3. The molecule has 0 saturated carbocycles. The van der Waals surface area contributed by atoms with E-state index in [0.717, 1.165) is 17.9 Å². The highest BCUT2D eigenvalue weighted by Gasteiger charge is 1.96. The van der Waals surface area contributed by atoms with Crippen LogP contribution in [-0.2, 0) is 16.1 Å². The Morgan fingerprint density at radius 1 is 1.00 bits per heavy atom. The van der Waals surface area contributed by atoms with Crippen LogP contribution in [0.1, 0.15) is 19.4 Å². The minimum absolute atomic E-state index is 0.605. The first-order chi connectivity index (χ1) is 7.86. The summed E-state index contributed by atoms with van der Waals surface area (Å²) in [4.78, 5) is 0. The molecule has 1 aromatic carbocycles. The quantitative estimate of drug-likeness (QED) is 0.635. The second-order valence-electron chi connectivity index (χ2n) is 3.33. The van der Waals surface area contributed by atoms with E-state index >= 15 is 0 Å². The van der Waals surface area contributed by atoms with Gasteiger partial charge in [-0.15, -0.1) is 0 Å². The fourth-order valence-corrected chi connectivity index (χ4v) is 1.34. The molecular formula is C13H20O3. The highest BCUT2D eigenvalue weighted by molar-refractivity contribution is 5.27. The summed E-state index contributed by atoms with van der Waals surface area (Å²) in [7, 11) is 0. The first-order valence-electron chi connectivity index (χ1n) is 5.74. The Balaban J connectivity index is 2.27. The van der Waals surface area contributed by atoms with E-state index in [0.29, 0.717) is 26.4 Å². The van der Waals surface area contributed by atoms with Gasteiger partial charge in [-0.3, -0.25) is 0 Å². The zero-order valence-electron chi connectivity index (χ0n) is 10.1. The molecule has 0 N–H and O–H groups in total. The summed E-state index contributed by atoms with van der Waals surface area (Å²) < 4.78 is 16.1. The molecule has 0 fully saturated rings. The number of rotatable bonds is 8. The fourth-order valence-electron chi connectivity index (χ4n) is 1.34. The van der Waals surface area contributed by atoms with Crippen molar-refractivity contribution in [3.63, 3.8) is 0 Å². The van der Waals surface area contributed by atoms with Gasteiger partial charge < -0.3 is 14.2 Å². The van der Waals surface area contributed by atoms with Gasteiger partial charge in [0, 0.05) is 6.61 Å². The maximum Gasteiger partial charge on any atom is 0.119 e. The third-order valence-corrected chi connectivity index (χ3v) is 2.05. The van der Waals surface area contributed by atoms with Crippen LogP contribution in [0, 0.1) is 0 Å². The van der Waals surface area contributed by atoms with Gasteiger partial charge >= 0.3 is 0 Å².